The SMILES string of the molecule is CCc1cc(C(=O)N2CCC(c3cc(=O)[nH]c(N4CCOCC4)n3)C2)no1. The van der Waals surface area contributed by atoms with Crippen molar-refractivity contribution in [3.8, 4) is 0 Å². The summed E-state index contributed by atoms with van der Waals surface area (Å²) in [5.41, 5.74) is 0.890. The molecule has 27 heavy (non-hydrogen) atoms. The van der Waals surface area contributed by atoms with Crippen molar-refractivity contribution in [1.29, 1.82) is 0 Å². The second-order valence-corrected chi connectivity index (χ2v) is 6.86. The zero-order chi connectivity index (χ0) is 18.8. The summed E-state index contributed by atoms with van der Waals surface area (Å²) in [6.07, 6.45) is 1.47. The zero-order valence-electron chi connectivity index (χ0n) is 15.3. The van der Waals surface area contributed by atoms with Crippen molar-refractivity contribution < 1.29 is 14.1 Å². The van der Waals surface area contributed by atoms with E-state index in [0.29, 0.717) is 63.2 Å². The lowest BCUT2D eigenvalue weighted by molar-refractivity contribution is 0.0780. The van der Waals surface area contributed by atoms with E-state index in [4.69, 9.17) is 9.26 Å². The number of nitrogens with one attached hydrogen (secondary N) is 1. The molecule has 1 unspecified atom stereocenters. The minimum absolute atomic E-state index is 0.0357. The standard InChI is InChI=1S/C18H23N5O4/c1-2-13-9-15(21-27-13)17(25)23-4-3-12(11-23)14-10-16(24)20-18(19-14)22-5-7-26-8-6-22/h9-10,12H,2-8,11H2,1H3,(H,19,20,24). The Kier molecular flexibility index (Phi) is 4.93. The number of rotatable bonds is 4. The van der Waals surface area contributed by atoms with Crippen LogP contribution < -0.4 is 10.5 Å². The van der Waals surface area contributed by atoms with Crippen molar-refractivity contribution in [3.05, 3.63) is 39.6 Å². The number of aromatic nitrogens is 3. The van der Waals surface area contributed by atoms with Gasteiger partial charge in [0.15, 0.2) is 5.69 Å². The Morgan fingerprint density at radius 1 is 1.30 bits per heavy atom. The van der Waals surface area contributed by atoms with E-state index in [1.807, 2.05) is 11.8 Å². The van der Waals surface area contributed by atoms with E-state index in [2.05, 4.69) is 15.1 Å². The third-order valence-corrected chi connectivity index (χ3v) is 5.08. The van der Waals surface area contributed by atoms with Crippen molar-refractivity contribution in [3.63, 3.8) is 0 Å². The smallest absolute Gasteiger partial charge is 0.276 e. The predicted molar refractivity (Wildman–Crippen MR) is 97.0 cm³/mol. The summed E-state index contributed by atoms with van der Waals surface area (Å²) < 4.78 is 10.5. The Balaban J connectivity index is 1.49. The molecule has 2 fully saturated rings. The van der Waals surface area contributed by atoms with E-state index in [-0.39, 0.29) is 17.4 Å². The van der Waals surface area contributed by atoms with Crippen molar-refractivity contribution in [2.24, 2.45) is 0 Å². The first-order valence-electron chi connectivity index (χ1n) is 9.33. The molecular weight excluding hydrogens is 350 g/mol. The van der Waals surface area contributed by atoms with Crippen LogP contribution >= 0.6 is 0 Å². The van der Waals surface area contributed by atoms with Gasteiger partial charge in [0, 0.05) is 50.7 Å². The van der Waals surface area contributed by atoms with Gasteiger partial charge in [-0.3, -0.25) is 14.6 Å². The molecule has 1 N–H and O–H groups in total. The van der Waals surface area contributed by atoms with E-state index in [0.717, 1.165) is 12.1 Å². The molecule has 2 aliphatic heterocycles. The van der Waals surface area contributed by atoms with Gasteiger partial charge in [-0.05, 0) is 6.42 Å². The number of H-pyrrole nitrogens is 1. The molecule has 1 amide bonds. The van der Waals surface area contributed by atoms with Gasteiger partial charge in [0.25, 0.3) is 11.5 Å². The van der Waals surface area contributed by atoms with Gasteiger partial charge in [-0.15, -0.1) is 0 Å². The molecule has 2 aliphatic rings. The first-order valence-corrected chi connectivity index (χ1v) is 9.33. The average molecular weight is 373 g/mol. The normalized spacial score (nSPS) is 20.3. The maximum Gasteiger partial charge on any atom is 0.276 e. The fraction of sp³-hybridized carbons (Fsp3) is 0.556. The molecule has 9 heteroatoms. The van der Waals surface area contributed by atoms with Crippen LogP contribution in [0.3, 0.4) is 0 Å². The molecule has 0 spiro atoms. The van der Waals surface area contributed by atoms with Crippen LogP contribution in [0.15, 0.2) is 21.5 Å². The second-order valence-electron chi connectivity index (χ2n) is 6.86. The minimum atomic E-state index is -0.171. The van der Waals surface area contributed by atoms with Crippen LogP contribution in [0.1, 0.15) is 41.2 Å². The molecule has 4 heterocycles. The fourth-order valence-electron chi connectivity index (χ4n) is 3.53. The molecule has 2 aromatic rings. The van der Waals surface area contributed by atoms with E-state index in [9.17, 15) is 9.59 Å². The highest BCUT2D eigenvalue weighted by molar-refractivity contribution is 5.92. The number of carbonyl (C=O) groups is 1. The van der Waals surface area contributed by atoms with E-state index >= 15 is 0 Å². The van der Waals surface area contributed by atoms with Gasteiger partial charge < -0.3 is 19.1 Å². The van der Waals surface area contributed by atoms with Crippen LogP contribution in [0, 0.1) is 0 Å². The highest BCUT2D eigenvalue weighted by Gasteiger charge is 2.31. The number of nitrogens with zero attached hydrogens (tertiary/aromatic N) is 4. The molecule has 0 bridgehead atoms. The topological polar surface area (TPSA) is 105 Å². The number of aromatic amines is 1. The molecule has 0 aromatic carbocycles. The van der Waals surface area contributed by atoms with Crippen molar-refractivity contribution >= 4 is 11.9 Å². The van der Waals surface area contributed by atoms with E-state index in [1.165, 1.54) is 6.07 Å². The Hall–Kier alpha value is -2.68. The van der Waals surface area contributed by atoms with Gasteiger partial charge in [-0.2, -0.15) is 0 Å². The quantitative estimate of drug-likeness (QED) is 0.845. The molecule has 9 nitrogen and oxygen atoms in total. The molecule has 4 rings (SSSR count). The number of amides is 1. The Bertz CT molecular complexity index is 871. The van der Waals surface area contributed by atoms with Crippen LogP contribution in [0.4, 0.5) is 5.95 Å². The van der Waals surface area contributed by atoms with Crippen molar-refractivity contribution in [1.82, 2.24) is 20.0 Å². The number of anilines is 1. The van der Waals surface area contributed by atoms with Crippen LogP contribution in [-0.4, -0.2) is 65.3 Å². The summed E-state index contributed by atoms with van der Waals surface area (Å²) in [6, 6.07) is 3.23. The second kappa shape index (κ2) is 7.51. The lowest BCUT2D eigenvalue weighted by Gasteiger charge is -2.27. The number of morpholine rings is 1. The Labute approximate surface area is 156 Å². The molecular formula is C18H23N5O4. The highest BCUT2D eigenvalue weighted by Crippen LogP contribution is 2.27. The van der Waals surface area contributed by atoms with Crippen molar-refractivity contribution in [2.75, 3.05) is 44.3 Å². The first kappa shape index (κ1) is 17.7. The minimum Gasteiger partial charge on any atom is -0.378 e. The molecule has 144 valence electrons. The molecule has 0 aliphatic carbocycles. The summed E-state index contributed by atoms with van der Waals surface area (Å²) in [5.74, 6) is 1.17. The molecule has 1 atom stereocenters. The van der Waals surface area contributed by atoms with Gasteiger partial charge >= 0.3 is 0 Å². The Morgan fingerprint density at radius 3 is 2.85 bits per heavy atom. The lowest BCUT2D eigenvalue weighted by atomic mass is 10.1. The van der Waals surface area contributed by atoms with Gasteiger partial charge in [0.1, 0.15) is 5.76 Å². The maximum absolute atomic E-state index is 12.6. The largest absolute Gasteiger partial charge is 0.378 e. The third kappa shape index (κ3) is 3.73. The number of hydrogen-bond acceptors (Lipinski definition) is 7. The predicted octanol–water partition coefficient (Wildman–Crippen LogP) is 0.787. The number of ether oxygens (including phenoxy) is 1. The monoisotopic (exact) mass is 373 g/mol. The van der Waals surface area contributed by atoms with Gasteiger partial charge in [0.2, 0.25) is 5.95 Å². The lowest BCUT2D eigenvalue weighted by Crippen LogP contribution is -2.38. The van der Waals surface area contributed by atoms with Crippen LogP contribution in [-0.2, 0) is 11.2 Å². The summed E-state index contributed by atoms with van der Waals surface area (Å²) in [7, 11) is 0. The third-order valence-electron chi connectivity index (χ3n) is 5.08. The van der Waals surface area contributed by atoms with Crippen molar-refractivity contribution in [2.45, 2.75) is 25.7 Å². The summed E-state index contributed by atoms with van der Waals surface area (Å²) in [4.78, 5) is 36.0. The highest BCUT2D eigenvalue weighted by atomic mass is 16.5. The Morgan fingerprint density at radius 2 is 2.11 bits per heavy atom. The summed E-state index contributed by atoms with van der Waals surface area (Å²) in [6.45, 7) is 5.73. The van der Waals surface area contributed by atoms with Crippen LogP contribution in [0.5, 0.6) is 0 Å². The summed E-state index contributed by atoms with van der Waals surface area (Å²) in [5, 5.41) is 3.86. The average Bonchev–Trinajstić information content (AvgIpc) is 3.37. The van der Waals surface area contributed by atoms with E-state index < -0.39 is 0 Å². The van der Waals surface area contributed by atoms with Gasteiger partial charge in [-0.25, -0.2) is 4.98 Å². The molecule has 0 radical (unpaired) electrons. The molecule has 0 saturated carbocycles. The van der Waals surface area contributed by atoms with Gasteiger partial charge in [0.05, 0.1) is 18.9 Å². The van der Waals surface area contributed by atoms with Crippen LogP contribution in [0.25, 0.3) is 0 Å². The number of carbonyl (C=O) groups excluding carboxylic acids is 1. The number of likely N-dealkylation sites (tertiary alicyclic amines) is 1. The number of hydrogen-bond donors (Lipinski definition) is 1. The first-order chi connectivity index (χ1) is 13.1. The van der Waals surface area contributed by atoms with E-state index in [1.54, 1.807) is 11.0 Å². The maximum atomic E-state index is 12.6. The number of aryl methyl sites for hydroxylation is 1. The van der Waals surface area contributed by atoms with Gasteiger partial charge in [-0.1, -0.05) is 12.1 Å². The molecule has 2 aromatic heterocycles. The molecule has 2 saturated heterocycles. The summed E-state index contributed by atoms with van der Waals surface area (Å²) >= 11 is 0. The fourth-order valence-corrected chi connectivity index (χ4v) is 3.53. The van der Waals surface area contributed by atoms with Crippen LogP contribution in [0.2, 0.25) is 0 Å². The zero-order valence-corrected chi connectivity index (χ0v) is 15.3.